The van der Waals surface area contributed by atoms with E-state index in [2.05, 4.69) is 32.1 Å². The number of carbonyl (C=O) groups excluding carboxylic acids is 1. The van der Waals surface area contributed by atoms with Gasteiger partial charge in [-0.25, -0.2) is 4.98 Å². The molecule has 146 valence electrons. The Hall–Kier alpha value is -2.71. The molecule has 2 heterocycles. The molecule has 5 nitrogen and oxygen atoms in total. The van der Waals surface area contributed by atoms with Crippen molar-refractivity contribution in [2.75, 3.05) is 7.11 Å². The molecule has 0 radical (unpaired) electrons. The zero-order valence-corrected chi connectivity index (χ0v) is 18.1. The summed E-state index contributed by atoms with van der Waals surface area (Å²) in [6.07, 6.45) is 0.513. The normalized spacial score (nSPS) is 12.1. The maximum atomic E-state index is 12.5. The fraction of sp³-hybridized carbons (Fsp3) is 0.130. The molecule has 0 fully saturated rings. The predicted molar refractivity (Wildman–Crippen MR) is 121 cm³/mol. The monoisotopic (exact) mass is 498 g/mol. The van der Waals surface area contributed by atoms with Gasteiger partial charge in [-0.1, -0.05) is 42.5 Å². The van der Waals surface area contributed by atoms with E-state index < -0.39 is 6.10 Å². The van der Waals surface area contributed by atoms with Crippen LogP contribution in [0.4, 0.5) is 0 Å². The molecular weight excluding hydrogens is 479 g/mol. The highest BCUT2D eigenvalue weighted by atomic mass is 127. The maximum absolute atomic E-state index is 12.5. The van der Waals surface area contributed by atoms with Gasteiger partial charge in [0.25, 0.3) is 0 Å². The summed E-state index contributed by atoms with van der Waals surface area (Å²) in [5, 5.41) is 10.5. The number of ether oxygens (including phenoxy) is 1. The van der Waals surface area contributed by atoms with Crippen LogP contribution in [0.3, 0.4) is 0 Å². The number of methoxy groups -OCH3 is 1. The minimum Gasteiger partial charge on any atom is -0.495 e. The Kier molecular flexibility index (Phi) is 5.38. The second kappa shape index (κ2) is 7.96. The summed E-state index contributed by atoms with van der Waals surface area (Å²) in [6.45, 7) is 2.04. The summed E-state index contributed by atoms with van der Waals surface area (Å²) in [6, 6.07) is 18.2. The molecule has 29 heavy (non-hydrogen) atoms. The van der Waals surface area contributed by atoms with Crippen molar-refractivity contribution in [1.82, 2.24) is 9.55 Å². The summed E-state index contributed by atoms with van der Waals surface area (Å²) >= 11 is 2.30. The summed E-state index contributed by atoms with van der Waals surface area (Å²) in [7, 11) is 1.62. The van der Waals surface area contributed by atoms with Gasteiger partial charge >= 0.3 is 0 Å². The molecule has 0 amide bonds. The van der Waals surface area contributed by atoms with Crippen LogP contribution >= 0.6 is 22.6 Å². The molecule has 2 aromatic heterocycles. The van der Waals surface area contributed by atoms with Crippen molar-refractivity contribution < 1.29 is 14.6 Å². The average Bonchev–Trinajstić information content (AvgIpc) is 3.03. The Balaban J connectivity index is 1.71. The minimum absolute atomic E-state index is 0.315. The number of aliphatic hydroxyl groups is 1. The number of carbonyl (C=O) groups is 1. The van der Waals surface area contributed by atoms with Crippen molar-refractivity contribution in [1.29, 1.82) is 0 Å². The lowest BCUT2D eigenvalue weighted by Gasteiger charge is -2.13. The molecule has 0 spiro atoms. The van der Waals surface area contributed by atoms with Gasteiger partial charge in [0.15, 0.2) is 5.78 Å². The summed E-state index contributed by atoms with van der Waals surface area (Å²) in [5.41, 5.74) is 4.89. The van der Waals surface area contributed by atoms with Crippen molar-refractivity contribution in [3.63, 3.8) is 0 Å². The molecule has 1 N–H and O–H groups in total. The molecule has 0 saturated carbocycles. The maximum Gasteiger partial charge on any atom is 0.195 e. The Morgan fingerprint density at radius 2 is 1.83 bits per heavy atom. The molecule has 6 heteroatoms. The number of Topliss-reactive ketones (excluding diaryl/α,β-unsaturated/α-hetero) is 1. The molecule has 2 aromatic carbocycles. The molecule has 1 atom stereocenters. The number of pyridine rings is 1. The molecule has 0 aliphatic carbocycles. The summed E-state index contributed by atoms with van der Waals surface area (Å²) in [5.74, 6) is 0.373. The Bertz CT molecular complexity index is 1180. The number of rotatable bonds is 5. The predicted octanol–water partition coefficient (Wildman–Crippen LogP) is 4.86. The number of aliphatic hydroxyl groups excluding tert-OH is 1. The lowest BCUT2D eigenvalue weighted by Crippen LogP contribution is -2.12. The third-order valence-corrected chi connectivity index (χ3v) is 6.25. The number of ketones is 1. The van der Waals surface area contributed by atoms with Gasteiger partial charge in [0.05, 0.1) is 22.4 Å². The van der Waals surface area contributed by atoms with Crippen LogP contribution in [0.1, 0.15) is 27.7 Å². The fourth-order valence-corrected chi connectivity index (χ4v) is 4.04. The van der Waals surface area contributed by atoms with Crippen LogP contribution in [-0.2, 0) is 0 Å². The largest absolute Gasteiger partial charge is 0.495 e. The number of nitrogens with zero attached hydrogens (tertiary/aromatic N) is 2. The van der Waals surface area contributed by atoms with Crippen molar-refractivity contribution >= 4 is 39.4 Å². The first-order valence-corrected chi connectivity index (χ1v) is 10.2. The van der Waals surface area contributed by atoms with Gasteiger partial charge in [0.2, 0.25) is 0 Å². The zero-order valence-electron chi connectivity index (χ0n) is 16.0. The van der Waals surface area contributed by atoms with Gasteiger partial charge < -0.3 is 14.4 Å². The fourth-order valence-electron chi connectivity index (χ4n) is 3.39. The highest BCUT2D eigenvalue weighted by Gasteiger charge is 2.20. The number of aromatic nitrogens is 2. The molecule has 1 unspecified atom stereocenters. The van der Waals surface area contributed by atoms with Gasteiger partial charge in [-0.05, 0) is 47.2 Å². The van der Waals surface area contributed by atoms with Crippen LogP contribution in [0, 0.1) is 10.5 Å². The second-order valence-corrected chi connectivity index (χ2v) is 7.78. The van der Waals surface area contributed by atoms with Crippen LogP contribution in [-0.4, -0.2) is 27.6 Å². The number of hydrogen-bond acceptors (Lipinski definition) is 4. The van der Waals surface area contributed by atoms with Crippen LogP contribution in [0.25, 0.3) is 16.7 Å². The molecule has 0 bridgehead atoms. The SMILES string of the molecule is COc1cnc2c(I)c(C)n(-c3ccc(C(O)C(=O)c4ccccc4)cc3)c2c1. The first-order chi connectivity index (χ1) is 14.0. The summed E-state index contributed by atoms with van der Waals surface area (Å²) in [4.78, 5) is 17.0. The van der Waals surface area contributed by atoms with Gasteiger partial charge in [0, 0.05) is 23.0 Å². The van der Waals surface area contributed by atoms with Crippen molar-refractivity contribution in [2.24, 2.45) is 0 Å². The van der Waals surface area contributed by atoms with E-state index in [0.717, 1.165) is 26.0 Å². The summed E-state index contributed by atoms with van der Waals surface area (Å²) < 4.78 is 8.50. The van der Waals surface area contributed by atoms with Gasteiger partial charge in [-0.15, -0.1) is 0 Å². The van der Waals surface area contributed by atoms with Gasteiger partial charge in [-0.2, -0.15) is 0 Å². The van der Waals surface area contributed by atoms with Crippen LogP contribution in [0.15, 0.2) is 66.9 Å². The first kappa shape index (κ1) is 19.6. The molecule has 4 aromatic rings. The molecule has 0 saturated heterocycles. The molecular formula is C23H19IN2O3. The average molecular weight is 498 g/mol. The van der Waals surface area contributed by atoms with E-state index in [0.29, 0.717) is 16.9 Å². The first-order valence-electron chi connectivity index (χ1n) is 9.09. The Morgan fingerprint density at radius 3 is 2.48 bits per heavy atom. The third kappa shape index (κ3) is 3.54. The van der Waals surface area contributed by atoms with E-state index >= 15 is 0 Å². The second-order valence-electron chi connectivity index (χ2n) is 6.70. The topological polar surface area (TPSA) is 64.3 Å². The van der Waals surface area contributed by atoms with E-state index in [1.807, 2.05) is 31.2 Å². The van der Waals surface area contributed by atoms with Crippen LogP contribution < -0.4 is 4.74 Å². The lowest BCUT2D eigenvalue weighted by molar-refractivity contribution is 0.0747. The highest BCUT2D eigenvalue weighted by Crippen LogP contribution is 2.31. The Labute approximate surface area is 182 Å². The van der Waals surface area contributed by atoms with E-state index in [1.165, 1.54) is 0 Å². The standard InChI is InChI=1S/C23H19IN2O3/c1-14-20(24)21-19(12-18(29-2)13-25-21)26(14)17-10-8-16(9-11-17)23(28)22(27)15-6-4-3-5-7-15/h3-13,23,28H,1-2H3. The third-order valence-electron chi connectivity index (χ3n) is 4.95. The number of hydrogen-bond donors (Lipinski definition) is 1. The number of benzene rings is 2. The van der Waals surface area contributed by atoms with Crippen molar-refractivity contribution in [3.05, 3.63) is 87.3 Å². The molecule has 0 aliphatic heterocycles. The van der Waals surface area contributed by atoms with Gasteiger partial charge in [-0.3, -0.25) is 4.79 Å². The van der Waals surface area contributed by atoms with Crippen LogP contribution in [0.2, 0.25) is 0 Å². The molecule has 4 rings (SSSR count). The quantitative estimate of drug-likeness (QED) is 0.315. The van der Waals surface area contributed by atoms with Gasteiger partial charge in [0.1, 0.15) is 17.4 Å². The molecule has 0 aliphatic rings. The lowest BCUT2D eigenvalue weighted by atomic mass is 10.00. The van der Waals surface area contributed by atoms with E-state index in [-0.39, 0.29) is 5.78 Å². The number of fused-ring (bicyclic) bond motifs is 1. The van der Waals surface area contributed by atoms with Crippen molar-refractivity contribution in [2.45, 2.75) is 13.0 Å². The van der Waals surface area contributed by atoms with Crippen LogP contribution in [0.5, 0.6) is 5.75 Å². The zero-order chi connectivity index (χ0) is 20.5. The Morgan fingerprint density at radius 1 is 1.14 bits per heavy atom. The van der Waals surface area contributed by atoms with E-state index in [1.54, 1.807) is 49.7 Å². The minimum atomic E-state index is -1.20. The number of halogens is 1. The smallest absolute Gasteiger partial charge is 0.195 e. The van der Waals surface area contributed by atoms with E-state index in [9.17, 15) is 9.90 Å². The van der Waals surface area contributed by atoms with E-state index in [4.69, 9.17) is 4.74 Å². The van der Waals surface area contributed by atoms with Crippen molar-refractivity contribution in [3.8, 4) is 11.4 Å². The highest BCUT2D eigenvalue weighted by molar-refractivity contribution is 14.1.